The maximum Gasteiger partial charge on any atom is 0.229 e. The number of benzene rings is 2. The van der Waals surface area contributed by atoms with Crippen LogP contribution in [0.15, 0.2) is 35.9 Å². The first-order valence-electron chi connectivity index (χ1n) is 15.2. The zero-order valence-corrected chi connectivity index (χ0v) is 26.0. The average molecular weight is 681 g/mol. The van der Waals surface area contributed by atoms with Gasteiger partial charge in [0.15, 0.2) is 5.78 Å². The van der Waals surface area contributed by atoms with Crippen molar-refractivity contribution in [3.63, 3.8) is 0 Å². The Balaban J connectivity index is 1.41. The van der Waals surface area contributed by atoms with Gasteiger partial charge in [-0.1, -0.05) is 17.7 Å². The summed E-state index contributed by atoms with van der Waals surface area (Å²) in [6.07, 6.45) is -13.8. The predicted octanol–water partition coefficient (Wildman–Crippen LogP) is -1.68. The van der Waals surface area contributed by atoms with Crippen LogP contribution in [0.2, 0.25) is 0 Å². The largest absolute Gasteiger partial charge is 0.508 e. The topological polar surface area (TPSA) is 266 Å². The van der Waals surface area contributed by atoms with E-state index in [1.54, 1.807) is 6.08 Å². The predicted molar refractivity (Wildman–Crippen MR) is 161 cm³/mol. The van der Waals surface area contributed by atoms with Crippen LogP contribution in [0.1, 0.15) is 41.3 Å². The van der Waals surface area contributed by atoms with Gasteiger partial charge in [-0.3, -0.25) is 4.79 Å². The van der Waals surface area contributed by atoms with Gasteiger partial charge in [0.1, 0.15) is 89.7 Å². The lowest BCUT2D eigenvalue weighted by molar-refractivity contribution is -0.277. The molecule has 0 bridgehead atoms. The molecule has 10 N–H and O–H groups in total. The maximum atomic E-state index is 13.9. The van der Waals surface area contributed by atoms with Crippen LogP contribution >= 0.6 is 0 Å². The molecule has 16 heteroatoms. The van der Waals surface area contributed by atoms with Crippen molar-refractivity contribution < 1.29 is 79.5 Å². The average Bonchev–Trinajstić information content (AvgIpc) is 3.05. The Hall–Kier alpha value is -3.55. The Morgan fingerprint density at radius 3 is 1.96 bits per heavy atom. The number of Topliss-reactive ketones (excluding diaryl/α,β-unsaturated/α-hetero) is 1. The molecular formula is C32H40O16. The number of phenolic OH excluding ortho intramolecular Hbond substituents is 2. The second kappa shape index (κ2) is 14.5. The third-order valence-corrected chi connectivity index (χ3v) is 8.58. The van der Waals surface area contributed by atoms with Gasteiger partial charge in [0.25, 0.3) is 0 Å². The minimum absolute atomic E-state index is 0.0352. The number of aromatic hydroxyl groups is 2. The number of ether oxygens (including phenoxy) is 5. The molecule has 0 radical (unpaired) electrons. The number of phenols is 2. The van der Waals surface area contributed by atoms with E-state index < -0.39 is 97.8 Å². The van der Waals surface area contributed by atoms with E-state index in [4.69, 9.17) is 23.7 Å². The summed E-state index contributed by atoms with van der Waals surface area (Å²) >= 11 is 0. The number of aliphatic hydroxyl groups is 8. The molecule has 2 aromatic rings. The Bertz CT molecular complexity index is 1500. The van der Waals surface area contributed by atoms with Crippen LogP contribution in [0, 0.1) is 0 Å². The highest BCUT2D eigenvalue weighted by molar-refractivity contribution is 6.07. The first kappa shape index (κ1) is 35.7. The van der Waals surface area contributed by atoms with E-state index in [-0.39, 0.29) is 47.0 Å². The third kappa shape index (κ3) is 6.81. The van der Waals surface area contributed by atoms with Crippen LogP contribution in [0.5, 0.6) is 28.7 Å². The van der Waals surface area contributed by atoms with E-state index in [1.165, 1.54) is 18.2 Å². The lowest BCUT2D eigenvalue weighted by Gasteiger charge is -2.40. The SMILES string of the molecule is CC(C)=CCc1c(O[C@@H]2O[C@H](CO)[C@@H](O)[C@H](O)[C@H]2O)cc2c(c1O)C(=O)[C@@H](c1ccc(O[C@@H]3O[C@H](CO)[C@@H](O)[C@H](O)[C@H]3O)cc1O)CO2. The van der Waals surface area contributed by atoms with Crippen LogP contribution < -0.4 is 14.2 Å². The molecular weight excluding hydrogens is 640 g/mol. The number of ketones is 1. The fourth-order valence-electron chi connectivity index (χ4n) is 5.76. The summed E-state index contributed by atoms with van der Waals surface area (Å²) in [5.41, 5.74) is 0.878. The second-order valence-electron chi connectivity index (χ2n) is 12.1. The molecule has 2 fully saturated rings. The molecule has 0 aromatic heterocycles. The summed E-state index contributed by atoms with van der Waals surface area (Å²) in [6, 6.07) is 5.17. The van der Waals surface area contributed by atoms with Crippen LogP contribution in [-0.4, -0.2) is 138 Å². The normalized spacial score (nSPS) is 33.4. The van der Waals surface area contributed by atoms with Crippen molar-refractivity contribution in [2.75, 3.05) is 19.8 Å². The van der Waals surface area contributed by atoms with Gasteiger partial charge in [-0.05, 0) is 26.3 Å². The van der Waals surface area contributed by atoms with Crippen LogP contribution in [0.25, 0.3) is 0 Å². The number of carbonyl (C=O) groups excluding carboxylic acids is 1. The molecule has 3 heterocycles. The molecule has 48 heavy (non-hydrogen) atoms. The van der Waals surface area contributed by atoms with Gasteiger partial charge in [0.05, 0.1) is 19.1 Å². The van der Waals surface area contributed by atoms with Crippen molar-refractivity contribution in [1.82, 2.24) is 0 Å². The monoisotopic (exact) mass is 680 g/mol. The molecule has 0 amide bonds. The quantitative estimate of drug-likeness (QED) is 0.133. The van der Waals surface area contributed by atoms with Gasteiger partial charge >= 0.3 is 0 Å². The second-order valence-corrected chi connectivity index (χ2v) is 12.1. The highest BCUT2D eigenvalue weighted by atomic mass is 16.7. The smallest absolute Gasteiger partial charge is 0.229 e. The maximum absolute atomic E-state index is 13.9. The van der Waals surface area contributed by atoms with Crippen LogP contribution in [0.4, 0.5) is 0 Å². The minimum Gasteiger partial charge on any atom is -0.508 e. The molecule has 0 saturated carbocycles. The lowest BCUT2D eigenvalue weighted by Crippen LogP contribution is -2.60. The lowest BCUT2D eigenvalue weighted by atomic mass is 9.86. The van der Waals surface area contributed by atoms with Crippen molar-refractivity contribution in [2.24, 2.45) is 0 Å². The molecule has 2 saturated heterocycles. The molecule has 0 spiro atoms. The van der Waals surface area contributed by atoms with Gasteiger partial charge < -0.3 is 74.7 Å². The van der Waals surface area contributed by atoms with Crippen molar-refractivity contribution in [2.45, 2.75) is 87.6 Å². The van der Waals surface area contributed by atoms with E-state index in [0.717, 1.165) is 11.6 Å². The highest BCUT2D eigenvalue weighted by Crippen LogP contribution is 2.46. The van der Waals surface area contributed by atoms with Gasteiger partial charge in [-0.15, -0.1) is 0 Å². The summed E-state index contributed by atoms with van der Waals surface area (Å²) in [4.78, 5) is 13.9. The number of hydrogen-bond donors (Lipinski definition) is 10. The Morgan fingerprint density at radius 2 is 1.42 bits per heavy atom. The molecule has 11 atom stereocenters. The zero-order chi connectivity index (χ0) is 35.0. The van der Waals surface area contributed by atoms with E-state index in [2.05, 4.69) is 0 Å². The van der Waals surface area contributed by atoms with Gasteiger partial charge in [-0.2, -0.15) is 0 Å². The Kier molecular flexibility index (Phi) is 10.8. The van der Waals surface area contributed by atoms with E-state index in [0.29, 0.717) is 0 Å². The van der Waals surface area contributed by atoms with Gasteiger partial charge in [0, 0.05) is 23.3 Å². The van der Waals surface area contributed by atoms with E-state index in [9.17, 15) is 55.9 Å². The molecule has 3 aliphatic heterocycles. The van der Waals surface area contributed by atoms with Gasteiger partial charge in [-0.25, -0.2) is 0 Å². The van der Waals surface area contributed by atoms with Crippen molar-refractivity contribution in [3.05, 3.63) is 52.6 Å². The van der Waals surface area contributed by atoms with Crippen molar-refractivity contribution in [1.29, 1.82) is 0 Å². The van der Waals surface area contributed by atoms with E-state index >= 15 is 0 Å². The van der Waals surface area contributed by atoms with E-state index in [1.807, 2.05) is 13.8 Å². The molecule has 0 unspecified atom stereocenters. The first-order chi connectivity index (χ1) is 22.8. The summed E-state index contributed by atoms with van der Waals surface area (Å²) < 4.78 is 28.0. The zero-order valence-electron chi connectivity index (χ0n) is 26.0. The summed E-state index contributed by atoms with van der Waals surface area (Å²) in [5.74, 6) is -2.78. The number of hydrogen-bond acceptors (Lipinski definition) is 16. The highest BCUT2D eigenvalue weighted by Gasteiger charge is 2.46. The van der Waals surface area contributed by atoms with Crippen LogP contribution in [-0.2, 0) is 15.9 Å². The first-order valence-corrected chi connectivity index (χ1v) is 15.2. The molecule has 16 nitrogen and oxygen atoms in total. The number of rotatable bonds is 9. The fraction of sp³-hybridized carbons (Fsp3) is 0.531. The molecule has 2 aromatic carbocycles. The summed E-state index contributed by atoms with van der Waals surface area (Å²) in [5, 5.41) is 102. The molecule has 3 aliphatic rings. The fourth-order valence-corrected chi connectivity index (χ4v) is 5.76. The molecule has 0 aliphatic carbocycles. The standard InChI is InChI=1S/C32H40O16/c1-12(2)3-5-15-18(46-32-30(43)28(41)26(39)21(10-34)48-32)8-19-22(23(15)36)24(37)16(11-44-19)14-6-4-13(7-17(14)35)45-31-29(42)27(40)25(38)20(9-33)47-31/h3-4,6-8,16,20-21,25-36,38-43H,5,9-11H2,1-2H3/t16-,20-,21-,25-,26-,27+,28+,29-,30-,31-,32-/m1/s1. The number of fused-ring (bicyclic) bond motifs is 1. The number of carbonyl (C=O) groups is 1. The molecule has 264 valence electrons. The minimum atomic E-state index is -1.74. The number of aliphatic hydroxyl groups excluding tert-OH is 8. The van der Waals surface area contributed by atoms with Crippen molar-refractivity contribution in [3.8, 4) is 28.7 Å². The Morgan fingerprint density at radius 1 is 0.833 bits per heavy atom. The molecule has 5 rings (SSSR count). The van der Waals surface area contributed by atoms with Gasteiger partial charge in [0.2, 0.25) is 12.6 Å². The Labute approximate surface area is 274 Å². The summed E-state index contributed by atoms with van der Waals surface area (Å²) in [6.45, 7) is 2.00. The third-order valence-electron chi connectivity index (χ3n) is 8.58. The van der Waals surface area contributed by atoms with Crippen molar-refractivity contribution >= 4 is 5.78 Å². The summed E-state index contributed by atoms with van der Waals surface area (Å²) in [7, 11) is 0. The van der Waals surface area contributed by atoms with Crippen LogP contribution in [0.3, 0.4) is 0 Å². The number of allylic oxidation sites excluding steroid dienone is 2.